The van der Waals surface area contributed by atoms with Crippen LogP contribution >= 0.6 is 15.9 Å². The molecule has 6 nitrogen and oxygen atoms in total. The van der Waals surface area contributed by atoms with Crippen molar-refractivity contribution in [3.05, 3.63) is 52.8 Å². The molecule has 0 unspecified atom stereocenters. The number of nitrogens with zero attached hydrogens (tertiary/aromatic N) is 2. The molecule has 0 aliphatic rings. The molecule has 7 heteroatoms. The molecule has 0 aliphatic carbocycles. The summed E-state index contributed by atoms with van der Waals surface area (Å²) in [5.74, 6) is 2.20. The van der Waals surface area contributed by atoms with Crippen LogP contribution in [0.4, 0.5) is 5.69 Å². The summed E-state index contributed by atoms with van der Waals surface area (Å²) in [5.41, 5.74) is 1.75. The predicted molar refractivity (Wildman–Crippen MR) is 94.3 cm³/mol. The van der Waals surface area contributed by atoms with Crippen LogP contribution in [-0.2, 0) is 6.54 Å². The van der Waals surface area contributed by atoms with E-state index in [1.807, 2.05) is 30.3 Å². The van der Waals surface area contributed by atoms with Crippen LogP contribution in [-0.4, -0.2) is 24.4 Å². The van der Waals surface area contributed by atoms with Crippen LogP contribution in [0.25, 0.3) is 11.5 Å². The van der Waals surface area contributed by atoms with Crippen molar-refractivity contribution in [2.45, 2.75) is 6.54 Å². The van der Waals surface area contributed by atoms with Crippen molar-refractivity contribution in [2.24, 2.45) is 0 Å². The highest BCUT2D eigenvalue weighted by molar-refractivity contribution is 9.10. The van der Waals surface area contributed by atoms with Gasteiger partial charge >= 0.3 is 0 Å². The molecule has 0 amide bonds. The molecule has 1 heterocycles. The van der Waals surface area contributed by atoms with Gasteiger partial charge in [0.05, 0.1) is 20.8 Å². The third-order valence-electron chi connectivity index (χ3n) is 3.39. The lowest BCUT2D eigenvalue weighted by molar-refractivity contribution is 0.355. The first kappa shape index (κ1) is 16.3. The molecule has 24 heavy (non-hydrogen) atoms. The summed E-state index contributed by atoms with van der Waals surface area (Å²) in [6, 6.07) is 13.3. The van der Waals surface area contributed by atoms with Gasteiger partial charge in [-0.2, -0.15) is 0 Å². The van der Waals surface area contributed by atoms with Crippen LogP contribution in [0.1, 0.15) is 5.89 Å². The van der Waals surface area contributed by atoms with Gasteiger partial charge in [0.15, 0.2) is 11.5 Å². The van der Waals surface area contributed by atoms with Gasteiger partial charge in [-0.05, 0) is 42.5 Å². The van der Waals surface area contributed by atoms with Crippen molar-refractivity contribution in [3.63, 3.8) is 0 Å². The quantitative estimate of drug-likeness (QED) is 0.683. The summed E-state index contributed by atoms with van der Waals surface area (Å²) in [5, 5.41) is 11.4. The average molecular weight is 390 g/mol. The summed E-state index contributed by atoms with van der Waals surface area (Å²) in [7, 11) is 3.18. The Morgan fingerprint density at radius 3 is 2.46 bits per heavy atom. The van der Waals surface area contributed by atoms with Gasteiger partial charge in [-0.1, -0.05) is 15.9 Å². The summed E-state index contributed by atoms with van der Waals surface area (Å²) in [6.07, 6.45) is 0. The van der Waals surface area contributed by atoms with Crippen molar-refractivity contribution in [1.82, 2.24) is 10.2 Å². The van der Waals surface area contributed by atoms with E-state index in [9.17, 15) is 0 Å². The number of rotatable bonds is 6. The van der Waals surface area contributed by atoms with Crippen LogP contribution in [0.3, 0.4) is 0 Å². The molecule has 0 aliphatic heterocycles. The van der Waals surface area contributed by atoms with Gasteiger partial charge in [-0.15, -0.1) is 10.2 Å². The highest BCUT2D eigenvalue weighted by Gasteiger charge is 2.12. The van der Waals surface area contributed by atoms with Gasteiger partial charge in [0, 0.05) is 15.7 Å². The minimum absolute atomic E-state index is 0.434. The highest BCUT2D eigenvalue weighted by Crippen LogP contribution is 2.31. The van der Waals surface area contributed by atoms with E-state index in [0.717, 1.165) is 15.7 Å². The number of halogens is 1. The van der Waals surface area contributed by atoms with Crippen molar-refractivity contribution in [2.75, 3.05) is 19.5 Å². The Kier molecular flexibility index (Phi) is 5.00. The van der Waals surface area contributed by atoms with E-state index in [4.69, 9.17) is 13.9 Å². The Labute approximate surface area is 147 Å². The number of methoxy groups -OCH3 is 2. The molecule has 0 atom stereocenters. The summed E-state index contributed by atoms with van der Waals surface area (Å²) >= 11 is 3.40. The van der Waals surface area contributed by atoms with E-state index in [1.54, 1.807) is 26.4 Å². The predicted octanol–water partition coefficient (Wildman–Crippen LogP) is 4.13. The molecule has 0 radical (unpaired) electrons. The Balaban J connectivity index is 1.72. The van der Waals surface area contributed by atoms with Crippen molar-refractivity contribution >= 4 is 21.6 Å². The van der Waals surface area contributed by atoms with Gasteiger partial charge in [-0.3, -0.25) is 0 Å². The standard InChI is InChI=1S/C17H16BrN3O3/c1-22-14-8-3-11(9-15(14)23-2)17-21-20-16(24-17)10-19-13-6-4-12(18)5-7-13/h3-9,19H,10H2,1-2H3. The van der Waals surface area contributed by atoms with Crippen LogP contribution in [0.15, 0.2) is 51.4 Å². The molecular formula is C17H16BrN3O3. The number of ether oxygens (including phenoxy) is 2. The molecular weight excluding hydrogens is 374 g/mol. The summed E-state index contributed by atoms with van der Waals surface area (Å²) in [4.78, 5) is 0. The number of benzene rings is 2. The monoisotopic (exact) mass is 389 g/mol. The van der Waals surface area contributed by atoms with E-state index in [0.29, 0.717) is 29.8 Å². The number of anilines is 1. The second-order valence-corrected chi connectivity index (χ2v) is 5.85. The molecule has 3 rings (SSSR count). The zero-order valence-corrected chi connectivity index (χ0v) is 14.8. The summed E-state index contributed by atoms with van der Waals surface area (Å²) < 4.78 is 17.2. The minimum Gasteiger partial charge on any atom is -0.493 e. The van der Waals surface area contributed by atoms with Gasteiger partial charge in [-0.25, -0.2) is 0 Å². The van der Waals surface area contributed by atoms with Crippen molar-refractivity contribution < 1.29 is 13.9 Å². The van der Waals surface area contributed by atoms with Crippen LogP contribution in [0, 0.1) is 0 Å². The van der Waals surface area contributed by atoms with Gasteiger partial charge < -0.3 is 19.2 Å². The fraction of sp³-hybridized carbons (Fsp3) is 0.176. The van der Waals surface area contributed by atoms with E-state index in [1.165, 1.54) is 0 Å². The van der Waals surface area contributed by atoms with E-state index in [-0.39, 0.29) is 0 Å². The van der Waals surface area contributed by atoms with E-state index in [2.05, 4.69) is 31.4 Å². The van der Waals surface area contributed by atoms with E-state index >= 15 is 0 Å². The smallest absolute Gasteiger partial charge is 0.247 e. The topological polar surface area (TPSA) is 69.4 Å². The van der Waals surface area contributed by atoms with Gasteiger partial charge in [0.1, 0.15) is 0 Å². The maximum absolute atomic E-state index is 5.70. The second-order valence-electron chi connectivity index (χ2n) is 4.93. The normalized spacial score (nSPS) is 10.5. The molecule has 2 aromatic carbocycles. The SMILES string of the molecule is COc1ccc(-c2nnc(CNc3ccc(Br)cc3)o2)cc1OC. The van der Waals surface area contributed by atoms with Crippen LogP contribution < -0.4 is 14.8 Å². The highest BCUT2D eigenvalue weighted by atomic mass is 79.9. The number of nitrogens with one attached hydrogen (secondary N) is 1. The molecule has 0 saturated heterocycles. The number of hydrogen-bond donors (Lipinski definition) is 1. The van der Waals surface area contributed by atoms with Crippen molar-refractivity contribution in [1.29, 1.82) is 0 Å². The van der Waals surface area contributed by atoms with Gasteiger partial charge in [0.25, 0.3) is 0 Å². The zero-order chi connectivity index (χ0) is 16.9. The third-order valence-corrected chi connectivity index (χ3v) is 3.91. The van der Waals surface area contributed by atoms with Crippen molar-refractivity contribution in [3.8, 4) is 23.0 Å². The lowest BCUT2D eigenvalue weighted by Gasteiger charge is -2.07. The van der Waals surface area contributed by atoms with Crippen LogP contribution in [0.5, 0.6) is 11.5 Å². The Bertz CT molecular complexity index is 818. The van der Waals surface area contributed by atoms with Crippen LogP contribution in [0.2, 0.25) is 0 Å². The molecule has 1 aromatic heterocycles. The average Bonchev–Trinajstić information content (AvgIpc) is 3.09. The maximum Gasteiger partial charge on any atom is 0.247 e. The Morgan fingerprint density at radius 1 is 1.00 bits per heavy atom. The second kappa shape index (κ2) is 7.35. The first-order valence-corrected chi connectivity index (χ1v) is 8.03. The molecule has 0 saturated carbocycles. The Morgan fingerprint density at radius 2 is 1.75 bits per heavy atom. The fourth-order valence-corrected chi connectivity index (χ4v) is 2.42. The number of hydrogen-bond acceptors (Lipinski definition) is 6. The first-order chi connectivity index (χ1) is 11.7. The molecule has 0 fully saturated rings. The van der Waals surface area contributed by atoms with E-state index < -0.39 is 0 Å². The molecule has 1 N–H and O–H groups in total. The third kappa shape index (κ3) is 3.68. The molecule has 3 aromatic rings. The molecule has 124 valence electrons. The largest absolute Gasteiger partial charge is 0.493 e. The fourth-order valence-electron chi connectivity index (χ4n) is 2.16. The Hall–Kier alpha value is -2.54. The molecule has 0 bridgehead atoms. The first-order valence-electron chi connectivity index (χ1n) is 7.24. The lowest BCUT2D eigenvalue weighted by atomic mass is 10.2. The summed E-state index contributed by atoms with van der Waals surface area (Å²) in [6.45, 7) is 0.446. The maximum atomic E-state index is 5.70. The minimum atomic E-state index is 0.434. The van der Waals surface area contributed by atoms with Gasteiger partial charge in [0.2, 0.25) is 11.8 Å². The molecule has 0 spiro atoms. The number of aromatic nitrogens is 2. The lowest BCUT2D eigenvalue weighted by Crippen LogP contribution is -1.99. The zero-order valence-electron chi connectivity index (χ0n) is 13.2.